The average Bonchev–Trinajstić information content (AvgIpc) is 3.16. The molecule has 2 aromatic carbocycles. The molecule has 0 spiro atoms. The van der Waals surface area contributed by atoms with Crippen molar-refractivity contribution in [2.45, 2.75) is 26.6 Å². The zero-order chi connectivity index (χ0) is 18.2. The molecule has 0 atom stereocenters. The van der Waals surface area contributed by atoms with E-state index in [1.54, 1.807) is 6.26 Å². The van der Waals surface area contributed by atoms with Crippen molar-refractivity contribution in [2.24, 2.45) is 0 Å². The molecule has 0 bridgehead atoms. The first-order valence-electron chi connectivity index (χ1n) is 8.62. The summed E-state index contributed by atoms with van der Waals surface area (Å²) >= 11 is 6.24. The highest BCUT2D eigenvalue weighted by Gasteiger charge is 2.12. The van der Waals surface area contributed by atoms with Crippen LogP contribution >= 0.6 is 11.6 Å². The van der Waals surface area contributed by atoms with Gasteiger partial charge in [0.25, 0.3) is 0 Å². The van der Waals surface area contributed by atoms with Crippen LogP contribution in [0.25, 0.3) is 0 Å². The molecule has 1 heterocycles. The van der Waals surface area contributed by atoms with Crippen LogP contribution in [0.2, 0.25) is 5.02 Å². The summed E-state index contributed by atoms with van der Waals surface area (Å²) in [6.45, 7) is 4.20. The Bertz CT molecular complexity index is 818. The molecule has 26 heavy (non-hydrogen) atoms. The van der Waals surface area contributed by atoms with Crippen LogP contribution in [0.3, 0.4) is 0 Å². The smallest absolute Gasteiger partial charge is 0.166 e. The van der Waals surface area contributed by atoms with Gasteiger partial charge in [-0.25, -0.2) is 0 Å². The fourth-order valence-corrected chi connectivity index (χ4v) is 2.82. The van der Waals surface area contributed by atoms with Crippen molar-refractivity contribution >= 4 is 11.6 Å². The molecule has 0 aliphatic carbocycles. The highest BCUT2D eigenvalue weighted by atomic mass is 35.5. The number of benzene rings is 2. The number of rotatable bonds is 9. The Kier molecular flexibility index (Phi) is 6.58. The van der Waals surface area contributed by atoms with Crippen molar-refractivity contribution in [3.8, 4) is 11.5 Å². The second kappa shape index (κ2) is 9.32. The highest BCUT2D eigenvalue weighted by Crippen LogP contribution is 2.32. The van der Waals surface area contributed by atoms with Gasteiger partial charge < -0.3 is 19.2 Å². The lowest BCUT2D eigenvalue weighted by Crippen LogP contribution is -2.14. The Morgan fingerprint density at radius 3 is 2.54 bits per heavy atom. The van der Waals surface area contributed by atoms with Gasteiger partial charge in [-0.1, -0.05) is 41.9 Å². The van der Waals surface area contributed by atoms with Gasteiger partial charge in [0, 0.05) is 22.7 Å². The monoisotopic (exact) mass is 371 g/mol. The van der Waals surface area contributed by atoms with Crippen molar-refractivity contribution in [3.63, 3.8) is 0 Å². The number of furan rings is 1. The van der Waals surface area contributed by atoms with Crippen molar-refractivity contribution in [1.82, 2.24) is 5.32 Å². The molecule has 0 saturated heterocycles. The predicted molar refractivity (Wildman–Crippen MR) is 103 cm³/mol. The van der Waals surface area contributed by atoms with Gasteiger partial charge in [0.15, 0.2) is 11.5 Å². The Morgan fingerprint density at radius 1 is 0.923 bits per heavy atom. The third-order valence-electron chi connectivity index (χ3n) is 3.88. The van der Waals surface area contributed by atoms with Gasteiger partial charge in [0.2, 0.25) is 0 Å². The van der Waals surface area contributed by atoms with Gasteiger partial charge in [0.1, 0.15) is 12.4 Å². The van der Waals surface area contributed by atoms with E-state index in [0.717, 1.165) is 28.4 Å². The molecule has 0 aliphatic rings. The summed E-state index contributed by atoms with van der Waals surface area (Å²) in [5.74, 6) is 2.36. The Hall–Kier alpha value is -2.43. The van der Waals surface area contributed by atoms with Gasteiger partial charge in [-0.05, 0) is 31.2 Å². The standard InChI is InChI=1S/C21H22ClNO3/c1-2-24-20-11-5-8-16(13-23-14-18-9-6-12-25-18)21(20)26-15-17-7-3-4-10-19(17)22/h3-12,23H,2,13-15H2,1H3. The van der Waals surface area contributed by atoms with Crippen molar-refractivity contribution in [2.75, 3.05) is 6.61 Å². The summed E-state index contributed by atoms with van der Waals surface area (Å²) in [5.41, 5.74) is 1.96. The van der Waals surface area contributed by atoms with E-state index in [-0.39, 0.29) is 0 Å². The maximum absolute atomic E-state index is 6.24. The Labute approximate surface area is 158 Å². The number of para-hydroxylation sites is 1. The molecule has 1 aromatic heterocycles. The molecule has 0 saturated carbocycles. The number of hydrogen-bond donors (Lipinski definition) is 1. The molecule has 136 valence electrons. The van der Waals surface area contributed by atoms with Gasteiger partial charge in [-0.15, -0.1) is 0 Å². The van der Waals surface area contributed by atoms with Gasteiger partial charge in [0.05, 0.1) is 19.4 Å². The summed E-state index contributed by atoms with van der Waals surface area (Å²) in [4.78, 5) is 0. The molecule has 0 amide bonds. The summed E-state index contributed by atoms with van der Waals surface area (Å²) in [7, 11) is 0. The van der Waals surface area contributed by atoms with Gasteiger partial charge in [-0.3, -0.25) is 0 Å². The third-order valence-corrected chi connectivity index (χ3v) is 4.25. The first-order chi connectivity index (χ1) is 12.8. The number of nitrogens with one attached hydrogen (secondary N) is 1. The van der Waals surface area contributed by atoms with Crippen molar-refractivity contribution < 1.29 is 13.9 Å². The van der Waals surface area contributed by atoms with Crippen LogP contribution in [-0.2, 0) is 19.7 Å². The third kappa shape index (κ3) is 4.81. The minimum Gasteiger partial charge on any atom is -0.490 e. The minimum absolute atomic E-state index is 0.384. The zero-order valence-corrected chi connectivity index (χ0v) is 15.5. The van der Waals surface area contributed by atoms with E-state index in [0.29, 0.717) is 31.3 Å². The first kappa shape index (κ1) is 18.4. The molecule has 4 nitrogen and oxygen atoms in total. The van der Waals surface area contributed by atoms with Crippen LogP contribution in [0.4, 0.5) is 0 Å². The summed E-state index contributed by atoms with van der Waals surface area (Å²) in [6, 6.07) is 17.4. The molecular weight excluding hydrogens is 350 g/mol. The van der Waals surface area contributed by atoms with Crippen LogP contribution in [0.5, 0.6) is 11.5 Å². The van der Waals surface area contributed by atoms with Crippen LogP contribution < -0.4 is 14.8 Å². The predicted octanol–water partition coefficient (Wildman–Crippen LogP) is 5.20. The van der Waals surface area contributed by atoms with E-state index in [4.69, 9.17) is 25.5 Å². The summed E-state index contributed by atoms with van der Waals surface area (Å²) in [5, 5.41) is 4.06. The van der Waals surface area contributed by atoms with E-state index in [9.17, 15) is 0 Å². The highest BCUT2D eigenvalue weighted by molar-refractivity contribution is 6.31. The van der Waals surface area contributed by atoms with Crippen LogP contribution in [-0.4, -0.2) is 6.61 Å². The van der Waals surface area contributed by atoms with E-state index in [1.165, 1.54) is 0 Å². The SMILES string of the molecule is CCOc1cccc(CNCc2ccco2)c1OCc1ccccc1Cl. The summed E-state index contributed by atoms with van der Waals surface area (Å²) < 4.78 is 17.2. The quantitative estimate of drug-likeness (QED) is 0.561. The molecule has 3 rings (SSSR count). The Morgan fingerprint density at radius 2 is 1.77 bits per heavy atom. The van der Waals surface area contributed by atoms with Crippen molar-refractivity contribution in [1.29, 1.82) is 0 Å². The minimum atomic E-state index is 0.384. The summed E-state index contributed by atoms with van der Waals surface area (Å²) in [6.07, 6.45) is 1.67. The molecular formula is C21H22ClNO3. The topological polar surface area (TPSA) is 43.6 Å². The van der Waals surface area contributed by atoms with Crippen LogP contribution in [0.1, 0.15) is 23.8 Å². The maximum Gasteiger partial charge on any atom is 0.166 e. The molecule has 5 heteroatoms. The lowest BCUT2D eigenvalue weighted by atomic mass is 10.1. The zero-order valence-electron chi connectivity index (χ0n) is 14.7. The molecule has 3 aromatic rings. The van der Waals surface area contributed by atoms with E-state index >= 15 is 0 Å². The van der Waals surface area contributed by atoms with E-state index in [1.807, 2.05) is 61.5 Å². The van der Waals surface area contributed by atoms with Crippen LogP contribution in [0, 0.1) is 0 Å². The normalized spacial score (nSPS) is 10.7. The van der Waals surface area contributed by atoms with E-state index in [2.05, 4.69) is 5.32 Å². The average molecular weight is 372 g/mol. The molecule has 0 fully saturated rings. The lowest BCUT2D eigenvalue weighted by molar-refractivity contribution is 0.266. The second-order valence-corrected chi connectivity index (χ2v) is 6.15. The lowest BCUT2D eigenvalue weighted by Gasteiger charge is -2.17. The Balaban J connectivity index is 1.73. The second-order valence-electron chi connectivity index (χ2n) is 5.74. The molecule has 0 radical (unpaired) electrons. The van der Waals surface area contributed by atoms with Crippen LogP contribution in [0.15, 0.2) is 65.3 Å². The van der Waals surface area contributed by atoms with Gasteiger partial charge >= 0.3 is 0 Å². The van der Waals surface area contributed by atoms with Crippen molar-refractivity contribution in [3.05, 3.63) is 82.8 Å². The molecule has 0 unspecified atom stereocenters. The fraction of sp³-hybridized carbons (Fsp3) is 0.238. The number of hydrogen-bond acceptors (Lipinski definition) is 4. The van der Waals surface area contributed by atoms with E-state index < -0.39 is 0 Å². The largest absolute Gasteiger partial charge is 0.490 e. The van der Waals surface area contributed by atoms with Gasteiger partial charge in [-0.2, -0.15) is 0 Å². The fourth-order valence-electron chi connectivity index (χ4n) is 2.63. The molecule has 0 aliphatic heterocycles. The number of halogens is 1. The maximum atomic E-state index is 6.24. The molecule has 1 N–H and O–H groups in total. The number of ether oxygens (including phenoxy) is 2. The first-order valence-corrected chi connectivity index (χ1v) is 8.99.